The number of carbonyl (C=O) groups excluding carboxylic acids is 4. The van der Waals surface area contributed by atoms with Gasteiger partial charge in [0.1, 0.15) is 13.2 Å². The van der Waals surface area contributed by atoms with Crippen molar-refractivity contribution >= 4 is 35.4 Å². The predicted octanol–water partition coefficient (Wildman–Crippen LogP) is 1.27. The molecule has 0 radical (unpaired) electrons. The first-order chi connectivity index (χ1) is 45.3. The first-order valence-corrected chi connectivity index (χ1v) is 31.0. The molecule has 30 heteroatoms. The Morgan fingerprint density at radius 3 is 0.837 bits per heavy atom. The highest BCUT2D eigenvalue weighted by atomic mass is 16.6. The van der Waals surface area contributed by atoms with Crippen LogP contribution in [0.5, 0.6) is 0 Å². The van der Waals surface area contributed by atoms with Gasteiger partial charge in [-0.25, -0.2) is 19.6 Å². The minimum atomic E-state index is -1.52. The number of hydrogen-bond donors (Lipinski definition) is 6. The van der Waals surface area contributed by atoms with Crippen LogP contribution in [0.15, 0.2) is 60.7 Å². The van der Waals surface area contributed by atoms with Gasteiger partial charge in [0, 0.05) is 40.5 Å². The lowest BCUT2D eigenvalue weighted by Gasteiger charge is -2.20. The summed E-state index contributed by atoms with van der Waals surface area (Å²) >= 11 is 0. The van der Waals surface area contributed by atoms with Gasteiger partial charge < -0.3 is 117 Å². The summed E-state index contributed by atoms with van der Waals surface area (Å²) in [6.45, 7) is 10.8. The number of ether oxygens (including phenoxy) is 18. The number of methoxy groups -OCH3 is 2. The highest BCUT2D eigenvalue weighted by Gasteiger charge is 2.30. The van der Waals surface area contributed by atoms with E-state index in [-0.39, 0.29) is 75.8 Å². The van der Waals surface area contributed by atoms with E-state index in [0.29, 0.717) is 196 Å². The number of amides is 2. The summed E-state index contributed by atoms with van der Waals surface area (Å²) in [5, 5.41) is 31.6. The van der Waals surface area contributed by atoms with Crippen LogP contribution in [0.3, 0.4) is 0 Å². The fourth-order valence-electron chi connectivity index (χ4n) is 7.36. The Labute approximate surface area is 539 Å². The number of nitrogens with zero attached hydrogens (tertiary/aromatic N) is 2. The summed E-state index contributed by atoms with van der Waals surface area (Å²) in [4.78, 5) is 63.8. The fraction of sp³-hybridized carbons (Fsp3) is 0.677. The maximum Gasteiger partial charge on any atom is 0.331 e. The molecule has 1 heterocycles. The van der Waals surface area contributed by atoms with Crippen LogP contribution in [0.1, 0.15) is 44.9 Å². The maximum atomic E-state index is 14.2. The molecule has 1 aromatic heterocycles. The van der Waals surface area contributed by atoms with Gasteiger partial charge in [-0.15, -0.1) is 0 Å². The summed E-state index contributed by atoms with van der Waals surface area (Å²) < 4.78 is 98.1. The van der Waals surface area contributed by atoms with Crippen molar-refractivity contribution in [2.24, 2.45) is 0 Å². The summed E-state index contributed by atoms with van der Waals surface area (Å²) in [6, 6.07) is 14.6. The number of benzene rings is 2. The number of aliphatic hydroxyl groups excluding tert-OH is 2. The van der Waals surface area contributed by atoms with E-state index >= 15 is 0 Å². The van der Waals surface area contributed by atoms with Gasteiger partial charge in [0.25, 0.3) is 11.8 Å². The van der Waals surface area contributed by atoms with Gasteiger partial charge >= 0.3 is 11.9 Å². The number of esters is 2. The largest absolute Gasteiger partial charge is 0.459 e. The highest BCUT2D eigenvalue weighted by Crippen LogP contribution is 2.20. The minimum Gasteiger partial charge on any atom is -0.459 e. The average Bonchev–Trinajstić information content (AvgIpc) is 2.13. The predicted molar refractivity (Wildman–Crippen MR) is 333 cm³/mol. The lowest BCUT2D eigenvalue weighted by Crippen LogP contribution is -2.45. The van der Waals surface area contributed by atoms with Crippen LogP contribution >= 0.6 is 0 Å². The van der Waals surface area contributed by atoms with Crippen molar-refractivity contribution in [2.75, 3.05) is 249 Å². The third-order valence-electron chi connectivity index (χ3n) is 12.2. The average molecular weight is 1310 g/mol. The van der Waals surface area contributed by atoms with Crippen molar-refractivity contribution in [3.63, 3.8) is 0 Å². The van der Waals surface area contributed by atoms with E-state index in [1.165, 1.54) is 0 Å². The summed E-state index contributed by atoms with van der Waals surface area (Å²) in [7, 11) is 3.25. The third-order valence-corrected chi connectivity index (χ3v) is 12.2. The van der Waals surface area contributed by atoms with Crippen LogP contribution in [-0.2, 0) is 108 Å². The molecule has 2 aromatic carbocycles. The van der Waals surface area contributed by atoms with Crippen LogP contribution in [0.2, 0.25) is 0 Å². The lowest BCUT2D eigenvalue weighted by molar-refractivity contribution is -0.149. The molecule has 2 amide bonds. The van der Waals surface area contributed by atoms with Crippen molar-refractivity contribution in [3.05, 3.63) is 83.2 Å². The SMILES string of the molecule is COCCOCCOCCOCCOCCOCCOCCOCCCNc1nc(C(=O)N[C@H](CO)C(=O)OCc2ccccc2)c(NCCCOCCOCCOCCOCCOCCOCCOCCOC)nc1C(=O)N[C@H](CO)C(=O)OCc1ccccc1. The molecule has 30 nitrogen and oxygen atoms in total. The van der Waals surface area contributed by atoms with E-state index in [1.807, 2.05) is 0 Å². The normalized spacial score (nSPS) is 12.0. The molecule has 0 aliphatic rings. The van der Waals surface area contributed by atoms with E-state index in [4.69, 9.17) is 85.3 Å². The molecule has 92 heavy (non-hydrogen) atoms. The molecular formula is C62H100N6O24. The van der Waals surface area contributed by atoms with Gasteiger partial charge in [-0.1, -0.05) is 60.7 Å². The second-order valence-electron chi connectivity index (χ2n) is 19.3. The molecule has 0 spiro atoms. The van der Waals surface area contributed by atoms with Crippen molar-refractivity contribution in [3.8, 4) is 0 Å². The minimum absolute atomic E-state index is 0.125. The summed E-state index contributed by atoms with van der Waals surface area (Å²) in [6.07, 6.45) is 0.749. The molecular weight excluding hydrogens is 1210 g/mol. The Bertz CT molecular complexity index is 2120. The van der Waals surface area contributed by atoms with E-state index in [2.05, 4.69) is 31.2 Å². The van der Waals surface area contributed by atoms with Crippen molar-refractivity contribution in [2.45, 2.75) is 38.1 Å². The molecule has 3 aromatic rings. The van der Waals surface area contributed by atoms with E-state index in [1.54, 1.807) is 74.9 Å². The number of anilines is 2. The molecule has 6 N–H and O–H groups in total. The fourth-order valence-corrected chi connectivity index (χ4v) is 7.36. The van der Waals surface area contributed by atoms with Gasteiger partial charge in [0.05, 0.1) is 198 Å². The van der Waals surface area contributed by atoms with Gasteiger partial charge in [-0.05, 0) is 24.0 Å². The zero-order valence-corrected chi connectivity index (χ0v) is 53.6. The van der Waals surface area contributed by atoms with Crippen LogP contribution in [-0.4, -0.2) is 295 Å². The Morgan fingerprint density at radius 1 is 0.359 bits per heavy atom. The van der Waals surface area contributed by atoms with Crippen molar-refractivity contribution in [1.82, 2.24) is 20.6 Å². The summed E-state index contributed by atoms with van der Waals surface area (Å²) in [5.41, 5.74) is 0.626. The molecule has 0 unspecified atom stereocenters. The van der Waals surface area contributed by atoms with Gasteiger partial charge in [0.2, 0.25) is 0 Å². The first-order valence-electron chi connectivity index (χ1n) is 31.0. The van der Waals surface area contributed by atoms with E-state index in [9.17, 15) is 29.4 Å². The maximum absolute atomic E-state index is 14.2. The number of carbonyl (C=O) groups is 4. The third kappa shape index (κ3) is 41.8. The molecule has 0 aliphatic heterocycles. The van der Waals surface area contributed by atoms with Crippen LogP contribution in [0.4, 0.5) is 11.6 Å². The second-order valence-corrected chi connectivity index (χ2v) is 19.3. The summed E-state index contributed by atoms with van der Waals surface area (Å²) in [5.74, 6) is -4.14. The number of nitrogens with one attached hydrogen (secondary N) is 4. The second kappa shape index (κ2) is 57.9. The Morgan fingerprint density at radius 2 is 0.598 bits per heavy atom. The first kappa shape index (κ1) is 80.5. The van der Waals surface area contributed by atoms with Crippen LogP contribution in [0, 0.1) is 0 Å². The quantitative estimate of drug-likeness (QED) is 0.0342. The van der Waals surface area contributed by atoms with Crippen molar-refractivity contribution < 1.29 is 115 Å². The van der Waals surface area contributed by atoms with Crippen LogP contribution < -0.4 is 21.3 Å². The molecule has 522 valence electrons. The molecule has 0 fully saturated rings. The van der Waals surface area contributed by atoms with Crippen LogP contribution in [0.25, 0.3) is 0 Å². The molecule has 0 aliphatic carbocycles. The zero-order valence-electron chi connectivity index (χ0n) is 53.6. The molecule has 0 saturated heterocycles. The molecule has 0 bridgehead atoms. The number of rotatable bonds is 64. The lowest BCUT2D eigenvalue weighted by atomic mass is 10.2. The monoisotopic (exact) mass is 1310 g/mol. The smallest absolute Gasteiger partial charge is 0.331 e. The molecule has 2 atom stereocenters. The molecule has 0 saturated carbocycles. The zero-order chi connectivity index (χ0) is 65.8. The molecule has 3 rings (SSSR count). The Hall–Kier alpha value is -5.72. The van der Waals surface area contributed by atoms with Gasteiger partial charge in [-0.2, -0.15) is 0 Å². The number of hydrogen-bond acceptors (Lipinski definition) is 28. The highest BCUT2D eigenvalue weighted by molar-refractivity contribution is 6.03. The number of aliphatic hydroxyl groups is 2. The Kier molecular flexibility index (Phi) is 50.7. The standard InChI is InChI=1S/C62H100N6O24/c1-75-19-21-79-27-29-83-35-37-87-43-45-89-41-39-85-33-31-81-25-23-77-17-9-15-63-57-55(59(71)65-53(47-69)61(73)91-49-51-11-5-3-6-12-51)68-58(56(67-57)60(72)66-54(48-70)62(74)92-50-52-13-7-4-8-14-52)64-16-10-18-78-24-26-82-32-34-86-40-42-90-46-44-88-38-36-84-30-28-80-22-20-76-2/h3-8,11-14,53-54,69-70H,9-10,15-50H2,1-2H3,(H,63,67)(H,64,68)(H,65,71)(H,66,72)/t53-,54-/m1/s1. The van der Waals surface area contributed by atoms with Gasteiger partial charge in [0.15, 0.2) is 35.1 Å². The van der Waals surface area contributed by atoms with E-state index < -0.39 is 49.1 Å². The number of aromatic nitrogens is 2. The van der Waals surface area contributed by atoms with E-state index in [0.717, 1.165) is 0 Å². The van der Waals surface area contributed by atoms with Gasteiger partial charge in [-0.3, -0.25) is 9.59 Å². The van der Waals surface area contributed by atoms with Crippen molar-refractivity contribution in [1.29, 1.82) is 0 Å². The Balaban J connectivity index is 1.52. The topological polar surface area (TPSA) is 349 Å².